The van der Waals surface area contributed by atoms with Gasteiger partial charge in [0, 0.05) is 0 Å². The van der Waals surface area contributed by atoms with Crippen LogP contribution in [0.4, 0.5) is 4.39 Å². The number of allylic oxidation sites excluding steroid dienone is 1. The van der Waals surface area contributed by atoms with Crippen LogP contribution in [0.15, 0.2) is 12.7 Å². The average Bonchev–Trinajstić information content (AvgIpc) is 2.00. The van der Waals surface area contributed by atoms with Crippen molar-refractivity contribution in [3.63, 3.8) is 0 Å². The third-order valence-corrected chi connectivity index (χ3v) is 1.26. The molecule has 0 bridgehead atoms. The predicted octanol–water partition coefficient (Wildman–Crippen LogP) is 1.71. The molecule has 0 aliphatic heterocycles. The maximum atomic E-state index is 12.1. The molecule has 0 rings (SSSR count). The van der Waals surface area contributed by atoms with Crippen LogP contribution in [0.1, 0.15) is 13.3 Å². The Labute approximate surface area is 66.0 Å². The first-order valence-corrected chi connectivity index (χ1v) is 3.59. The van der Waals surface area contributed by atoms with Crippen LogP contribution in [0.2, 0.25) is 0 Å². The third-order valence-electron chi connectivity index (χ3n) is 1.26. The molecule has 11 heavy (non-hydrogen) atoms. The van der Waals surface area contributed by atoms with Crippen LogP contribution in [0.25, 0.3) is 0 Å². The Hall–Kier alpha value is -0.860. The number of carbonyl (C=O) groups is 1. The van der Waals surface area contributed by atoms with Crippen molar-refractivity contribution in [3.8, 4) is 0 Å². The van der Waals surface area contributed by atoms with E-state index in [9.17, 15) is 9.18 Å². The first kappa shape index (κ1) is 10.1. The largest absolute Gasteiger partial charge is 0.466 e. The molecule has 1 unspecified atom stereocenters. The lowest BCUT2D eigenvalue weighted by atomic mass is 10.1. The van der Waals surface area contributed by atoms with Gasteiger partial charge >= 0.3 is 5.97 Å². The normalized spacial score (nSPS) is 12.2. The molecule has 0 N–H and O–H groups in total. The Bertz CT molecular complexity index is 134. The lowest BCUT2D eigenvalue weighted by Crippen LogP contribution is -2.18. The van der Waals surface area contributed by atoms with Gasteiger partial charge in [0.2, 0.25) is 0 Å². The molecule has 0 aliphatic carbocycles. The number of esters is 1. The zero-order valence-corrected chi connectivity index (χ0v) is 6.68. The topological polar surface area (TPSA) is 26.3 Å². The molecule has 0 fully saturated rings. The van der Waals surface area contributed by atoms with Crippen LogP contribution in [0.3, 0.4) is 0 Å². The van der Waals surface area contributed by atoms with E-state index >= 15 is 0 Å². The summed E-state index contributed by atoms with van der Waals surface area (Å²) in [6.07, 6.45) is 1.86. The van der Waals surface area contributed by atoms with Crippen molar-refractivity contribution in [3.05, 3.63) is 12.7 Å². The first-order valence-electron chi connectivity index (χ1n) is 3.59. The summed E-state index contributed by atoms with van der Waals surface area (Å²) >= 11 is 0. The zero-order chi connectivity index (χ0) is 8.69. The summed E-state index contributed by atoms with van der Waals surface area (Å²) in [5.41, 5.74) is 0. The lowest BCUT2D eigenvalue weighted by molar-refractivity contribution is -0.148. The minimum absolute atomic E-state index is 0.298. The van der Waals surface area contributed by atoms with Crippen molar-refractivity contribution < 1.29 is 13.9 Å². The molecule has 0 amide bonds. The minimum atomic E-state index is -0.676. The van der Waals surface area contributed by atoms with Crippen molar-refractivity contribution >= 4 is 5.97 Å². The van der Waals surface area contributed by atoms with Gasteiger partial charge in [-0.25, -0.2) is 0 Å². The third kappa shape index (κ3) is 3.75. The summed E-state index contributed by atoms with van der Waals surface area (Å²) in [6.45, 7) is 4.73. The number of halogens is 1. The van der Waals surface area contributed by atoms with Crippen molar-refractivity contribution in [2.45, 2.75) is 13.3 Å². The quantitative estimate of drug-likeness (QED) is 0.452. The second kappa shape index (κ2) is 5.89. The maximum Gasteiger partial charge on any atom is 0.311 e. The molecular weight excluding hydrogens is 147 g/mol. The van der Waals surface area contributed by atoms with Gasteiger partial charge < -0.3 is 4.74 Å². The summed E-state index contributed by atoms with van der Waals surface area (Å²) in [5, 5.41) is 0. The Morgan fingerprint density at radius 1 is 1.82 bits per heavy atom. The second-order valence-electron chi connectivity index (χ2n) is 2.13. The van der Waals surface area contributed by atoms with Crippen molar-refractivity contribution in [1.82, 2.24) is 0 Å². The molecule has 0 aliphatic rings. The summed E-state index contributed by atoms with van der Waals surface area (Å²) < 4.78 is 16.7. The highest BCUT2D eigenvalue weighted by atomic mass is 19.1. The van der Waals surface area contributed by atoms with Gasteiger partial charge in [0.05, 0.1) is 12.5 Å². The number of alkyl halides is 1. The Balaban J connectivity index is 3.80. The summed E-state index contributed by atoms with van der Waals surface area (Å²) in [4.78, 5) is 10.9. The van der Waals surface area contributed by atoms with Gasteiger partial charge in [-0.05, 0) is 13.3 Å². The number of hydrogen-bond acceptors (Lipinski definition) is 2. The van der Waals surface area contributed by atoms with Gasteiger partial charge in [-0.15, -0.1) is 6.58 Å². The van der Waals surface area contributed by atoms with E-state index in [-0.39, 0.29) is 0 Å². The summed E-state index contributed by atoms with van der Waals surface area (Å²) in [5.74, 6) is -1.14. The fourth-order valence-corrected chi connectivity index (χ4v) is 0.684. The first-order chi connectivity index (χ1) is 5.26. The number of carbonyl (C=O) groups excluding carboxylic acids is 1. The smallest absolute Gasteiger partial charge is 0.311 e. The fraction of sp³-hybridized carbons (Fsp3) is 0.625. The number of ether oxygens (including phenoxy) is 1. The Morgan fingerprint density at radius 3 is 2.82 bits per heavy atom. The number of rotatable bonds is 5. The van der Waals surface area contributed by atoms with E-state index in [1.165, 1.54) is 6.08 Å². The minimum Gasteiger partial charge on any atom is -0.466 e. The molecule has 0 saturated carbocycles. The monoisotopic (exact) mass is 160 g/mol. The van der Waals surface area contributed by atoms with E-state index in [1.807, 2.05) is 0 Å². The van der Waals surface area contributed by atoms with Crippen LogP contribution >= 0.6 is 0 Å². The van der Waals surface area contributed by atoms with Crippen LogP contribution in [0, 0.1) is 5.92 Å². The lowest BCUT2D eigenvalue weighted by Gasteiger charge is -2.08. The van der Waals surface area contributed by atoms with E-state index in [2.05, 4.69) is 11.3 Å². The standard InChI is InChI=1S/C8H13FO2/c1-3-5-7(6-9)8(10)11-4-2/h3,7H,1,4-6H2,2H3. The van der Waals surface area contributed by atoms with Gasteiger partial charge in [-0.3, -0.25) is 9.18 Å². The Kier molecular flexibility index (Phi) is 5.43. The van der Waals surface area contributed by atoms with Gasteiger partial charge in [0.1, 0.15) is 6.67 Å². The molecule has 0 aromatic carbocycles. The SMILES string of the molecule is C=CCC(CF)C(=O)OCC. The van der Waals surface area contributed by atoms with E-state index < -0.39 is 18.6 Å². The molecule has 0 aromatic heterocycles. The molecule has 3 heteroatoms. The van der Waals surface area contributed by atoms with E-state index in [1.54, 1.807) is 6.92 Å². The highest BCUT2D eigenvalue weighted by Crippen LogP contribution is 2.06. The maximum absolute atomic E-state index is 12.1. The van der Waals surface area contributed by atoms with Gasteiger partial charge in [-0.1, -0.05) is 6.08 Å². The molecule has 0 spiro atoms. The van der Waals surface area contributed by atoms with E-state index in [0.29, 0.717) is 13.0 Å². The second-order valence-corrected chi connectivity index (χ2v) is 2.13. The highest BCUT2D eigenvalue weighted by molar-refractivity contribution is 5.72. The highest BCUT2D eigenvalue weighted by Gasteiger charge is 2.17. The summed E-state index contributed by atoms with van der Waals surface area (Å²) in [7, 11) is 0. The molecule has 0 radical (unpaired) electrons. The van der Waals surface area contributed by atoms with Crippen LogP contribution in [0.5, 0.6) is 0 Å². The van der Waals surface area contributed by atoms with E-state index in [0.717, 1.165) is 0 Å². The van der Waals surface area contributed by atoms with Crippen molar-refractivity contribution in [2.24, 2.45) is 5.92 Å². The zero-order valence-electron chi connectivity index (χ0n) is 6.68. The van der Waals surface area contributed by atoms with Gasteiger partial charge in [0.15, 0.2) is 0 Å². The molecule has 0 heterocycles. The van der Waals surface area contributed by atoms with Crippen molar-refractivity contribution in [2.75, 3.05) is 13.3 Å². The molecule has 2 nitrogen and oxygen atoms in total. The molecule has 64 valence electrons. The van der Waals surface area contributed by atoms with E-state index in [4.69, 9.17) is 0 Å². The van der Waals surface area contributed by atoms with Crippen LogP contribution in [-0.2, 0) is 9.53 Å². The molecule has 0 aromatic rings. The van der Waals surface area contributed by atoms with Gasteiger partial charge in [0.25, 0.3) is 0 Å². The average molecular weight is 160 g/mol. The predicted molar refractivity (Wildman–Crippen MR) is 40.9 cm³/mol. The van der Waals surface area contributed by atoms with Gasteiger partial charge in [-0.2, -0.15) is 0 Å². The number of hydrogen-bond donors (Lipinski definition) is 0. The Morgan fingerprint density at radius 2 is 2.45 bits per heavy atom. The fourth-order valence-electron chi connectivity index (χ4n) is 0.684. The molecule has 0 saturated heterocycles. The molecular formula is C8H13FO2. The summed E-state index contributed by atoms with van der Waals surface area (Å²) in [6, 6.07) is 0. The van der Waals surface area contributed by atoms with Crippen molar-refractivity contribution in [1.29, 1.82) is 0 Å². The molecule has 1 atom stereocenters. The van der Waals surface area contributed by atoms with Crippen LogP contribution < -0.4 is 0 Å². The van der Waals surface area contributed by atoms with Crippen LogP contribution in [-0.4, -0.2) is 19.3 Å².